The third-order valence-corrected chi connectivity index (χ3v) is 3.63. The second kappa shape index (κ2) is 3.14. The van der Waals surface area contributed by atoms with Crippen LogP contribution in [0.2, 0.25) is 0 Å². The molecule has 0 aromatic rings. The lowest BCUT2D eigenvalue weighted by Crippen LogP contribution is -3.18. The van der Waals surface area contributed by atoms with Gasteiger partial charge in [-0.15, -0.1) is 0 Å². The van der Waals surface area contributed by atoms with E-state index in [-0.39, 0.29) is 0 Å². The van der Waals surface area contributed by atoms with Crippen LogP contribution in [0.1, 0.15) is 39.0 Å². The molecule has 0 aliphatic carbocycles. The summed E-state index contributed by atoms with van der Waals surface area (Å²) in [6.07, 6.45) is 7.47. The minimum absolute atomic E-state index is 1.01. The van der Waals surface area contributed by atoms with Gasteiger partial charge >= 0.3 is 0 Å². The van der Waals surface area contributed by atoms with Crippen molar-refractivity contribution in [3.63, 3.8) is 0 Å². The van der Waals surface area contributed by atoms with Crippen LogP contribution in [0.25, 0.3) is 0 Å². The molecule has 0 bridgehead atoms. The number of quaternary nitrogens is 1. The quantitative estimate of drug-likeness (QED) is 0.528. The molecule has 2 fully saturated rings. The number of nitrogens with one attached hydrogen (secondary N) is 1. The van der Waals surface area contributed by atoms with Gasteiger partial charge in [0.25, 0.3) is 0 Å². The second-order valence-corrected chi connectivity index (χ2v) is 4.38. The lowest BCUT2D eigenvalue weighted by Gasteiger charge is -2.39. The topological polar surface area (TPSA) is 4.44 Å². The highest BCUT2D eigenvalue weighted by atomic mass is 15.2. The van der Waals surface area contributed by atoms with Crippen molar-refractivity contribution in [3.8, 4) is 0 Å². The van der Waals surface area contributed by atoms with Crippen molar-refractivity contribution in [2.45, 2.75) is 45.1 Å². The lowest BCUT2D eigenvalue weighted by atomic mass is 9.85. The van der Waals surface area contributed by atoms with Gasteiger partial charge in [0.15, 0.2) is 0 Å². The largest absolute Gasteiger partial charge is 0.332 e. The number of fused-ring (bicyclic) bond motifs is 1. The minimum Gasteiger partial charge on any atom is -0.332 e. The fraction of sp³-hybridized carbons (Fsp3) is 1.00. The Balaban J connectivity index is 1.99. The van der Waals surface area contributed by atoms with Crippen molar-refractivity contribution in [1.29, 1.82) is 0 Å². The van der Waals surface area contributed by atoms with E-state index in [1.807, 2.05) is 4.90 Å². The Hall–Kier alpha value is -0.0400. The molecule has 2 saturated heterocycles. The normalized spacial score (nSPS) is 45.0. The first kappa shape index (κ1) is 7.60. The van der Waals surface area contributed by atoms with Crippen molar-refractivity contribution in [2.75, 3.05) is 13.1 Å². The summed E-state index contributed by atoms with van der Waals surface area (Å²) >= 11 is 0. The highest BCUT2D eigenvalue weighted by Gasteiger charge is 2.33. The summed E-state index contributed by atoms with van der Waals surface area (Å²) in [5, 5.41) is 0. The van der Waals surface area contributed by atoms with Crippen molar-refractivity contribution in [2.24, 2.45) is 5.92 Å². The molecule has 3 atom stereocenters. The molecule has 0 spiro atoms. The third kappa shape index (κ3) is 1.44. The molecule has 1 heteroatoms. The summed E-state index contributed by atoms with van der Waals surface area (Å²) in [5.74, 6) is 1.01. The lowest BCUT2D eigenvalue weighted by molar-refractivity contribution is -0.939. The number of hydrogen-bond acceptors (Lipinski definition) is 0. The van der Waals surface area contributed by atoms with E-state index < -0.39 is 0 Å². The van der Waals surface area contributed by atoms with Gasteiger partial charge in [-0.1, -0.05) is 6.92 Å². The molecule has 0 radical (unpaired) electrons. The molecule has 0 amide bonds. The smallest absolute Gasteiger partial charge is 0.0900 e. The molecule has 2 aliphatic rings. The van der Waals surface area contributed by atoms with Gasteiger partial charge < -0.3 is 4.90 Å². The molecular weight excluding hydrogens is 134 g/mol. The van der Waals surface area contributed by atoms with E-state index in [4.69, 9.17) is 0 Å². The van der Waals surface area contributed by atoms with Gasteiger partial charge in [-0.05, 0) is 32.1 Å². The molecule has 0 saturated carbocycles. The first-order valence-electron chi connectivity index (χ1n) is 5.22. The highest BCUT2D eigenvalue weighted by molar-refractivity contribution is 4.71. The van der Waals surface area contributed by atoms with E-state index in [0.29, 0.717) is 0 Å². The third-order valence-electron chi connectivity index (χ3n) is 3.63. The molecule has 2 aliphatic heterocycles. The van der Waals surface area contributed by atoms with Crippen LogP contribution in [0, 0.1) is 5.92 Å². The summed E-state index contributed by atoms with van der Waals surface area (Å²) in [7, 11) is 0. The van der Waals surface area contributed by atoms with E-state index in [2.05, 4.69) is 6.92 Å². The van der Waals surface area contributed by atoms with Crippen LogP contribution in [-0.4, -0.2) is 19.1 Å². The van der Waals surface area contributed by atoms with Gasteiger partial charge in [-0.25, -0.2) is 0 Å². The zero-order valence-electron chi connectivity index (χ0n) is 7.60. The summed E-state index contributed by atoms with van der Waals surface area (Å²) in [6, 6.07) is 1.04. The number of hydrogen-bond donors (Lipinski definition) is 1. The van der Waals surface area contributed by atoms with Gasteiger partial charge in [0.2, 0.25) is 0 Å². The van der Waals surface area contributed by atoms with E-state index in [1.165, 1.54) is 45.2 Å². The Bertz CT molecular complexity index is 131. The zero-order chi connectivity index (χ0) is 7.68. The van der Waals surface area contributed by atoms with Crippen molar-refractivity contribution >= 4 is 0 Å². The van der Waals surface area contributed by atoms with Gasteiger partial charge in [-0.3, -0.25) is 0 Å². The van der Waals surface area contributed by atoms with Crippen LogP contribution in [0.5, 0.6) is 0 Å². The Morgan fingerprint density at radius 2 is 1.82 bits per heavy atom. The second-order valence-electron chi connectivity index (χ2n) is 4.38. The Labute approximate surface area is 69.8 Å². The van der Waals surface area contributed by atoms with Gasteiger partial charge in [-0.2, -0.15) is 0 Å². The van der Waals surface area contributed by atoms with E-state index in [1.54, 1.807) is 0 Å². The van der Waals surface area contributed by atoms with E-state index >= 15 is 0 Å². The van der Waals surface area contributed by atoms with Crippen LogP contribution in [-0.2, 0) is 0 Å². The average molecular weight is 154 g/mol. The molecule has 64 valence electrons. The Kier molecular flexibility index (Phi) is 2.17. The molecular formula is C10H20N+. The van der Waals surface area contributed by atoms with Crippen LogP contribution in [0.4, 0.5) is 0 Å². The summed E-state index contributed by atoms with van der Waals surface area (Å²) < 4.78 is 0. The van der Waals surface area contributed by atoms with Gasteiger partial charge in [0, 0.05) is 5.92 Å². The average Bonchev–Trinajstić information content (AvgIpc) is 2.06. The zero-order valence-corrected chi connectivity index (χ0v) is 7.60. The van der Waals surface area contributed by atoms with Gasteiger partial charge in [0.1, 0.15) is 0 Å². The molecule has 1 N–H and O–H groups in total. The molecule has 1 nitrogen and oxygen atoms in total. The maximum absolute atomic E-state index is 2.45. The standard InChI is InChI=1S/C10H19N/c1-9-5-4-8-11-7-3-2-6-10(9)11/h9-10H,2-8H2,1H3/p+1/t9-,10?/m0/s1. The maximum atomic E-state index is 2.45. The molecule has 0 aromatic heterocycles. The summed E-state index contributed by atoms with van der Waals surface area (Å²) in [4.78, 5) is 1.93. The Morgan fingerprint density at radius 1 is 1.00 bits per heavy atom. The van der Waals surface area contributed by atoms with Crippen molar-refractivity contribution in [1.82, 2.24) is 0 Å². The monoisotopic (exact) mass is 154 g/mol. The molecule has 2 unspecified atom stereocenters. The first-order chi connectivity index (χ1) is 5.38. The molecule has 2 rings (SSSR count). The van der Waals surface area contributed by atoms with Crippen molar-refractivity contribution in [3.05, 3.63) is 0 Å². The molecule has 11 heavy (non-hydrogen) atoms. The van der Waals surface area contributed by atoms with E-state index in [0.717, 1.165) is 12.0 Å². The first-order valence-corrected chi connectivity index (χ1v) is 5.22. The fourth-order valence-electron chi connectivity index (χ4n) is 2.96. The minimum atomic E-state index is 1.01. The SMILES string of the molecule is C[C@H]1CCC[NH+]2CCCCC12. The van der Waals surface area contributed by atoms with Crippen molar-refractivity contribution < 1.29 is 4.90 Å². The number of piperidine rings is 2. The van der Waals surface area contributed by atoms with Gasteiger partial charge in [0.05, 0.1) is 19.1 Å². The summed E-state index contributed by atoms with van der Waals surface area (Å²) in [6.45, 7) is 5.39. The predicted octanol–water partition coefficient (Wildman–Crippen LogP) is 0.854. The van der Waals surface area contributed by atoms with Crippen LogP contribution >= 0.6 is 0 Å². The fourth-order valence-corrected chi connectivity index (χ4v) is 2.96. The molecule has 2 heterocycles. The van der Waals surface area contributed by atoms with Crippen LogP contribution in [0.3, 0.4) is 0 Å². The summed E-state index contributed by atoms with van der Waals surface area (Å²) in [5.41, 5.74) is 0. The van der Waals surface area contributed by atoms with Crippen LogP contribution in [0.15, 0.2) is 0 Å². The predicted molar refractivity (Wildman–Crippen MR) is 46.7 cm³/mol. The highest BCUT2D eigenvalue weighted by Crippen LogP contribution is 2.18. The molecule has 0 aromatic carbocycles. The maximum Gasteiger partial charge on any atom is 0.0900 e. The van der Waals surface area contributed by atoms with E-state index in [9.17, 15) is 0 Å². The van der Waals surface area contributed by atoms with Crippen LogP contribution < -0.4 is 4.90 Å². The Morgan fingerprint density at radius 3 is 2.64 bits per heavy atom. The number of rotatable bonds is 0.